The van der Waals surface area contributed by atoms with Crippen LogP contribution in [0.2, 0.25) is 39.3 Å². The molecule has 18 heavy (non-hydrogen) atoms. The Kier molecular flexibility index (Phi) is 3.38. The first kappa shape index (κ1) is 13.7. The molecule has 1 aromatic rings. The Morgan fingerprint density at radius 2 is 1.22 bits per heavy atom. The molecule has 1 aromatic carbocycles. The van der Waals surface area contributed by atoms with Crippen molar-refractivity contribution in [2.24, 2.45) is 0 Å². The molecule has 0 radical (unpaired) electrons. The minimum atomic E-state index is -1.48. The van der Waals surface area contributed by atoms with Gasteiger partial charge in [-0.25, -0.2) is 0 Å². The number of hydrogen-bond acceptors (Lipinski definition) is 3. The van der Waals surface area contributed by atoms with Crippen LogP contribution >= 0.6 is 0 Å². The predicted molar refractivity (Wildman–Crippen MR) is 82.0 cm³/mol. The van der Waals surface area contributed by atoms with Gasteiger partial charge in [0.2, 0.25) is 0 Å². The first-order chi connectivity index (χ1) is 8.19. The zero-order valence-corrected chi connectivity index (χ0v) is 14.2. The minimum Gasteiger partial charge on any atom is -0.510 e. The van der Waals surface area contributed by atoms with Gasteiger partial charge in [-0.1, -0.05) is 51.4 Å². The fourth-order valence-electron chi connectivity index (χ4n) is 2.63. The Bertz CT molecular complexity index is 403. The van der Waals surface area contributed by atoms with Gasteiger partial charge < -0.3 is 13.5 Å². The fourth-order valence-corrected chi connectivity index (χ4v) is 12.2. The van der Waals surface area contributed by atoms with Crippen LogP contribution in [0.5, 0.6) is 11.5 Å². The first-order valence-electron chi connectivity index (χ1n) is 6.41. The van der Waals surface area contributed by atoms with Gasteiger partial charge >= 0.3 is 7.25 Å². The molecule has 1 aliphatic rings. The average Bonchev–Trinajstić information content (AvgIpc) is 2.54. The van der Waals surface area contributed by atoms with E-state index in [-0.39, 0.29) is 7.25 Å². The van der Waals surface area contributed by atoms with E-state index in [0.717, 1.165) is 11.5 Å². The Morgan fingerprint density at radius 3 is 1.56 bits per heavy atom. The van der Waals surface area contributed by atoms with Gasteiger partial charge in [-0.05, 0) is 12.1 Å². The number of benzene rings is 1. The summed E-state index contributed by atoms with van der Waals surface area (Å²) in [4.78, 5) is 0. The van der Waals surface area contributed by atoms with Crippen molar-refractivity contribution in [2.45, 2.75) is 39.3 Å². The minimum absolute atomic E-state index is 0.235. The summed E-state index contributed by atoms with van der Waals surface area (Å²) < 4.78 is 14.5. The summed E-state index contributed by atoms with van der Waals surface area (Å²) in [5, 5.41) is 0. The van der Waals surface area contributed by atoms with Gasteiger partial charge in [0.1, 0.15) is 28.0 Å². The van der Waals surface area contributed by atoms with Crippen molar-refractivity contribution in [1.82, 2.24) is 4.14 Å². The molecule has 0 saturated carbocycles. The van der Waals surface area contributed by atoms with E-state index in [0.29, 0.717) is 0 Å². The topological polar surface area (TPSA) is 21.7 Å². The molecule has 2 rings (SSSR count). The van der Waals surface area contributed by atoms with Gasteiger partial charge in [0, 0.05) is 0 Å². The van der Waals surface area contributed by atoms with Crippen molar-refractivity contribution in [3.8, 4) is 11.5 Å². The fraction of sp³-hybridized carbons (Fsp3) is 0.500. The molecule has 0 aromatic heterocycles. The van der Waals surface area contributed by atoms with Gasteiger partial charge in [0.15, 0.2) is 0 Å². The van der Waals surface area contributed by atoms with E-state index in [1.54, 1.807) is 0 Å². The number of nitrogens with zero attached hydrogens (tertiary/aromatic N) is 1. The molecule has 3 nitrogen and oxygen atoms in total. The van der Waals surface area contributed by atoms with E-state index in [1.165, 1.54) is 0 Å². The highest BCUT2D eigenvalue weighted by Crippen LogP contribution is 2.36. The number of hydrogen-bond donors (Lipinski definition) is 0. The summed E-state index contributed by atoms with van der Waals surface area (Å²) in [5.74, 6) is 1.73. The average molecular weight is 279 g/mol. The van der Waals surface area contributed by atoms with E-state index in [4.69, 9.17) is 9.31 Å². The van der Waals surface area contributed by atoms with Crippen LogP contribution in [-0.2, 0) is 0 Å². The largest absolute Gasteiger partial charge is 0.687 e. The Balaban J connectivity index is 2.27. The molecule has 0 bridgehead atoms. The van der Waals surface area contributed by atoms with Crippen LogP contribution in [-0.4, -0.2) is 27.9 Å². The van der Waals surface area contributed by atoms with E-state index in [1.807, 2.05) is 24.3 Å². The highest BCUT2D eigenvalue weighted by atomic mass is 28.4. The lowest BCUT2D eigenvalue weighted by molar-refractivity contribution is 0.452. The summed E-state index contributed by atoms with van der Waals surface area (Å²) in [6, 6.07) is 7.92. The number of para-hydroxylation sites is 2. The lowest BCUT2D eigenvalue weighted by atomic mass is 10.2. The third kappa shape index (κ3) is 2.65. The van der Waals surface area contributed by atoms with Crippen LogP contribution in [0.1, 0.15) is 0 Å². The Hall–Kier alpha value is -0.721. The molecule has 0 amide bonds. The lowest BCUT2D eigenvalue weighted by Gasteiger charge is -2.42. The van der Waals surface area contributed by atoms with Crippen molar-refractivity contribution in [3.63, 3.8) is 0 Å². The van der Waals surface area contributed by atoms with Gasteiger partial charge in [-0.15, -0.1) is 0 Å². The van der Waals surface area contributed by atoms with E-state index >= 15 is 0 Å². The van der Waals surface area contributed by atoms with Crippen LogP contribution in [0.3, 0.4) is 0 Å². The Morgan fingerprint density at radius 1 is 0.833 bits per heavy atom. The molecule has 98 valence electrons. The van der Waals surface area contributed by atoms with E-state index in [2.05, 4.69) is 43.4 Å². The highest BCUT2D eigenvalue weighted by molar-refractivity contribution is 6.97. The van der Waals surface area contributed by atoms with Crippen molar-refractivity contribution in [1.29, 1.82) is 0 Å². The quantitative estimate of drug-likeness (QED) is 0.791. The molecule has 0 spiro atoms. The predicted octanol–water partition coefficient (Wildman–Crippen LogP) is 3.41. The number of rotatable bonds is 3. The zero-order chi connectivity index (χ0) is 13.6. The van der Waals surface area contributed by atoms with Crippen molar-refractivity contribution in [3.05, 3.63) is 24.3 Å². The normalized spacial score (nSPS) is 15.4. The number of fused-ring (bicyclic) bond motifs is 1. The summed E-state index contributed by atoms with van der Waals surface area (Å²) in [5.41, 5.74) is 0. The second kappa shape index (κ2) is 4.43. The molecule has 0 aliphatic carbocycles. The molecule has 0 saturated heterocycles. The van der Waals surface area contributed by atoms with E-state index in [9.17, 15) is 0 Å². The maximum atomic E-state index is 6.00. The lowest BCUT2D eigenvalue weighted by Crippen LogP contribution is -2.68. The SMILES string of the molecule is C[Si](C)(C)N(B1Oc2ccccc2O1)[Si](C)(C)C. The molecule has 0 fully saturated rings. The molecule has 6 heteroatoms. The van der Waals surface area contributed by atoms with Gasteiger partial charge in [-0.3, -0.25) is 0 Å². The molecular formula is C12H22BNO2Si2. The maximum absolute atomic E-state index is 6.00. The monoisotopic (exact) mass is 279 g/mol. The van der Waals surface area contributed by atoms with Gasteiger partial charge in [0.05, 0.1) is 0 Å². The second-order valence-corrected chi connectivity index (χ2v) is 16.8. The highest BCUT2D eigenvalue weighted by Gasteiger charge is 2.50. The van der Waals surface area contributed by atoms with Gasteiger partial charge in [-0.2, -0.15) is 0 Å². The summed E-state index contributed by atoms with van der Waals surface area (Å²) in [6.07, 6.45) is 0. The van der Waals surface area contributed by atoms with Crippen LogP contribution in [0, 0.1) is 0 Å². The summed E-state index contributed by atoms with van der Waals surface area (Å²) >= 11 is 0. The van der Waals surface area contributed by atoms with Crippen LogP contribution in [0.15, 0.2) is 24.3 Å². The van der Waals surface area contributed by atoms with Crippen LogP contribution in [0.4, 0.5) is 0 Å². The van der Waals surface area contributed by atoms with Crippen molar-refractivity contribution in [2.75, 3.05) is 0 Å². The molecular weight excluding hydrogens is 257 g/mol. The van der Waals surface area contributed by atoms with E-state index < -0.39 is 16.5 Å². The third-order valence-corrected chi connectivity index (χ3v) is 10.3. The zero-order valence-electron chi connectivity index (χ0n) is 12.2. The summed E-state index contributed by atoms with van der Waals surface area (Å²) in [7, 11) is -3.20. The third-order valence-electron chi connectivity index (χ3n) is 2.96. The smallest absolute Gasteiger partial charge is 0.510 e. The summed E-state index contributed by atoms with van der Waals surface area (Å²) in [6.45, 7) is 14.1. The van der Waals surface area contributed by atoms with Crippen molar-refractivity contribution >= 4 is 23.7 Å². The molecule has 0 N–H and O–H groups in total. The molecule has 0 unspecified atom stereocenters. The second-order valence-electron chi connectivity index (χ2n) is 6.70. The molecule has 0 atom stereocenters. The van der Waals surface area contributed by atoms with Crippen LogP contribution in [0.25, 0.3) is 0 Å². The van der Waals surface area contributed by atoms with Gasteiger partial charge in [0.25, 0.3) is 0 Å². The van der Waals surface area contributed by atoms with Crippen molar-refractivity contribution < 1.29 is 9.31 Å². The van der Waals surface area contributed by atoms with Crippen LogP contribution < -0.4 is 9.31 Å². The first-order valence-corrected chi connectivity index (χ1v) is 13.3. The maximum Gasteiger partial charge on any atom is 0.687 e. The molecule has 1 aliphatic heterocycles. The standard InChI is InChI=1S/C12H22BNO2Si2/c1-17(2,3)14(18(4,5)6)13-15-11-9-7-8-10-12(11)16-13/h7-10H,1-6H3. The Labute approximate surface area is 112 Å². The molecule has 1 heterocycles.